The van der Waals surface area contributed by atoms with Gasteiger partial charge in [0.05, 0.1) is 5.56 Å². The summed E-state index contributed by atoms with van der Waals surface area (Å²) in [4.78, 5) is 14.8. The number of hydrogen-bond acceptors (Lipinski definition) is 4. The zero-order chi connectivity index (χ0) is 32.6. The number of aromatic nitrogens is 3. The molecular weight excluding hydrogens is 599 g/mol. The number of fused-ring (bicyclic) bond motifs is 3. The van der Waals surface area contributed by atoms with Crippen LogP contribution in [0, 0.1) is 0 Å². The Bertz CT molecular complexity index is 2520. The van der Waals surface area contributed by atoms with Crippen molar-refractivity contribution in [3.8, 4) is 67.5 Å². The zero-order valence-electron chi connectivity index (χ0n) is 26.5. The summed E-state index contributed by atoms with van der Waals surface area (Å²) in [5.74, 6) is 1.81. The molecule has 0 N–H and O–H groups in total. The molecular formula is C45H29N3O. The summed E-state index contributed by atoms with van der Waals surface area (Å²) >= 11 is 0. The first-order chi connectivity index (χ1) is 24.3. The summed E-state index contributed by atoms with van der Waals surface area (Å²) < 4.78 is 6.64. The Morgan fingerprint density at radius 3 is 1.35 bits per heavy atom. The number of hydrogen-bond donors (Lipinski definition) is 0. The van der Waals surface area contributed by atoms with Gasteiger partial charge < -0.3 is 4.42 Å². The van der Waals surface area contributed by atoms with Crippen molar-refractivity contribution in [1.82, 2.24) is 15.0 Å². The van der Waals surface area contributed by atoms with Crippen LogP contribution in [0.2, 0.25) is 0 Å². The van der Waals surface area contributed by atoms with Gasteiger partial charge in [-0.2, -0.15) is 0 Å². The van der Waals surface area contributed by atoms with Crippen LogP contribution in [0.25, 0.3) is 89.5 Å². The Hall–Kier alpha value is -6.65. The second kappa shape index (κ2) is 12.2. The highest BCUT2D eigenvalue weighted by atomic mass is 16.3. The molecule has 2 heterocycles. The fourth-order valence-corrected chi connectivity index (χ4v) is 6.45. The lowest BCUT2D eigenvalue weighted by Crippen LogP contribution is -2.00. The van der Waals surface area contributed by atoms with E-state index in [1.165, 1.54) is 22.3 Å². The van der Waals surface area contributed by atoms with Gasteiger partial charge in [-0.05, 0) is 57.6 Å². The Morgan fingerprint density at radius 1 is 0.306 bits per heavy atom. The summed E-state index contributed by atoms with van der Waals surface area (Å²) in [6, 6.07) is 60.6. The fourth-order valence-electron chi connectivity index (χ4n) is 6.45. The zero-order valence-corrected chi connectivity index (χ0v) is 26.5. The summed E-state index contributed by atoms with van der Waals surface area (Å²) in [6.45, 7) is 0. The molecule has 0 atom stereocenters. The molecule has 0 spiro atoms. The van der Waals surface area contributed by atoms with Gasteiger partial charge in [0.1, 0.15) is 11.2 Å². The molecule has 0 unspecified atom stereocenters. The van der Waals surface area contributed by atoms with Crippen LogP contribution in [0.15, 0.2) is 180 Å². The first-order valence-corrected chi connectivity index (χ1v) is 16.4. The van der Waals surface area contributed by atoms with E-state index in [4.69, 9.17) is 19.4 Å². The lowest BCUT2D eigenvalue weighted by molar-refractivity contribution is 0.669. The standard InChI is InChI=1S/C45H29N3O/c1-4-12-30(13-5-1)35-18-10-19-36(28-35)31-22-24-32(25-23-31)37-26-27-38-39-20-11-21-40(42(39)49-41(38)29-37)45-47-43(33-14-6-2-7-15-33)46-44(48-45)34-16-8-3-9-17-34/h1-29H. The molecule has 0 radical (unpaired) electrons. The van der Waals surface area contributed by atoms with E-state index >= 15 is 0 Å². The molecule has 2 aromatic heterocycles. The minimum Gasteiger partial charge on any atom is -0.455 e. The van der Waals surface area contributed by atoms with Crippen molar-refractivity contribution >= 4 is 21.9 Å². The lowest BCUT2D eigenvalue weighted by Gasteiger charge is -2.08. The Kier molecular flexibility index (Phi) is 7.10. The molecule has 0 saturated heterocycles. The minimum atomic E-state index is 0.574. The van der Waals surface area contributed by atoms with Gasteiger partial charge in [-0.25, -0.2) is 15.0 Å². The maximum absolute atomic E-state index is 6.64. The Balaban J connectivity index is 1.09. The molecule has 0 aliphatic rings. The van der Waals surface area contributed by atoms with Crippen LogP contribution >= 0.6 is 0 Å². The number of benzene rings is 7. The van der Waals surface area contributed by atoms with Crippen molar-refractivity contribution in [2.45, 2.75) is 0 Å². The Morgan fingerprint density at radius 2 is 0.755 bits per heavy atom. The van der Waals surface area contributed by atoms with E-state index in [1.807, 2.05) is 78.9 Å². The minimum absolute atomic E-state index is 0.574. The van der Waals surface area contributed by atoms with Gasteiger partial charge in [-0.1, -0.05) is 152 Å². The van der Waals surface area contributed by atoms with Gasteiger partial charge in [0, 0.05) is 21.9 Å². The van der Waals surface area contributed by atoms with Gasteiger partial charge in [0.25, 0.3) is 0 Å². The maximum atomic E-state index is 6.64. The molecule has 230 valence electrons. The predicted molar refractivity (Wildman–Crippen MR) is 200 cm³/mol. The van der Waals surface area contributed by atoms with Crippen LogP contribution in [-0.4, -0.2) is 15.0 Å². The van der Waals surface area contributed by atoms with Gasteiger partial charge >= 0.3 is 0 Å². The molecule has 0 saturated carbocycles. The van der Waals surface area contributed by atoms with Crippen LogP contribution in [0.5, 0.6) is 0 Å². The van der Waals surface area contributed by atoms with Crippen LogP contribution in [0.4, 0.5) is 0 Å². The summed E-state index contributed by atoms with van der Waals surface area (Å²) in [7, 11) is 0. The lowest BCUT2D eigenvalue weighted by atomic mass is 9.97. The molecule has 7 aromatic carbocycles. The van der Waals surface area contributed by atoms with Crippen molar-refractivity contribution in [2.24, 2.45) is 0 Å². The van der Waals surface area contributed by atoms with Crippen LogP contribution in [0.3, 0.4) is 0 Å². The molecule has 0 amide bonds. The third kappa shape index (κ3) is 5.45. The van der Waals surface area contributed by atoms with E-state index in [-0.39, 0.29) is 0 Å². The topological polar surface area (TPSA) is 51.8 Å². The summed E-state index contributed by atoms with van der Waals surface area (Å²) in [5, 5.41) is 2.08. The number of para-hydroxylation sites is 1. The van der Waals surface area contributed by atoms with Crippen molar-refractivity contribution in [3.05, 3.63) is 176 Å². The Labute approximate surface area is 284 Å². The highest BCUT2D eigenvalue weighted by Gasteiger charge is 2.18. The van der Waals surface area contributed by atoms with Gasteiger partial charge in [-0.15, -0.1) is 0 Å². The molecule has 49 heavy (non-hydrogen) atoms. The van der Waals surface area contributed by atoms with Gasteiger partial charge in [-0.3, -0.25) is 0 Å². The average molecular weight is 628 g/mol. The molecule has 9 rings (SSSR count). The quantitative estimate of drug-likeness (QED) is 0.184. The van der Waals surface area contributed by atoms with Crippen LogP contribution in [0.1, 0.15) is 0 Å². The molecule has 4 heteroatoms. The number of nitrogens with zero attached hydrogens (tertiary/aromatic N) is 3. The second-order valence-electron chi connectivity index (χ2n) is 12.1. The number of rotatable bonds is 6. The molecule has 0 bridgehead atoms. The average Bonchev–Trinajstić information content (AvgIpc) is 3.57. The molecule has 0 fully saturated rings. The van der Waals surface area contributed by atoms with Gasteiger partial charge in [0.2, 0.25) is 0 Å². The summed E-state index contributed by atoms with van der Waals surface area (Å²) in [5.41, 5.74) is 11.3. The monoisotopic (exact) mass is 627 g/mol. The van der Waals surface area contributed by atoms with E-state index in [0.29, 0.717) is 17.5 Å². The smallest absolute Gasteiger partial charge is 0.167 e. The van der Waals surface area contributed by atoms with E-state index in [1.54, 1.807) is 0 Å². The first kappa shape index (κ1) is 28.6. The van der Waals surface area contributed by atoms with Crippen LogP contribution in [-0.2, 0) is 0 Å². The molecule has 9 aromatic rings. The summed E-state index contributed by atoms with van der Waals surface area (Å²) in [6.07, 6.45) is 0. The SMILES string of the molecule is c1ccc(-c2cccc(-c3ccc(-c4ccc5c(c4)oc4c(-c6nc(-c7ccccc7)nc(-c7ccccc7)n6)cccc45)cc3)c2)cc1. The third-order valence-corrected chi connectivity index (χ3v) is 8.96. The fraction of sp³-hybridized carbons (Fsp3) is 0. The predicted octanol–water partition coefficient (Wildman–Crippen LogP) is 11.8. The van der Waals surface area contributed by atoms with E-state index < -0.39 is 0 Å². The molecule has 4 nitrogen and oxygen atoms in total. The van der Waals surface area contributed by atoms with Crippen molar-refractivity contribution in [2.75, 3.05) is 0 Å². The largest absolute Gasteiger partial charge is 0.455 e. The van der Waals surface area contributed by atoms with E-state index in [9.17, 15) is 0 Å². The van der Waals surface area contributed by atoms with Crippen molar-refractivity contribution in [1.29, 1.82) is 0 Å². The first-order valence-electron chi connectivity index (χ1n) is 16.4. The van der Waals surface area contributed by atoms with Crippen molar-refractivity contribution in [3.63, 3.8) is 0 Å². The van der Waals surface area contributed by atoms with Crippen LogP contribution < -0.4 is 0 Å². The third-order valence-electron chi connectivity index (χ3n) is 8.96. The highest BCUT2D eigenvalue weighted by Crippen LogP contribution is 2.38. The normalized spacial score (nSPS) is 11.3. The second-order valence-corrected chi connectivity index (χ2v) is 12.1. The van der Waals surface area contributed by atoms with Crippen molar-refractivity contribution < 1.29 is 4.42 Å². The van der Waals surface area contributed by atoms with E-state index in [2.05, 4.69) is 97.1 Å². The number of furan rings is 1. The highest BCUT2D eigenvalue weighted by molar-refractivity contribution is 6.10. The maximum Gasteiger partial charge on any atom is 0.167 e. The molecule has 0 aliphatic carbocycles. The van der Waals surface area contributed by atoms with Gasteiger partial charge in [0.15, 0.2) is 17.5 Å². The molecule has 0 aliphatic heterocycles. The van der Waals surface area contributed by atoms with E-state index in [0.717, 1.165) is 49.8 Å².